The highest BCUT2D eigenvalue weighted by atomic mass is 35.5. The zero-order valence-corrected chi connectivity index (χ0v) is 17.1. The molecule has 3 rings (SSSR count). The van der Waals surface area contributed by atoms with E-state index < -0.39 is 12.0 Å². The summed E-state index contributed by atoms with van der Waals surface area (Å²) in [6.07, 6.45) is 1.52. The minimum absolute atomic E-state index is 0.180. The van der Waals surface area contributed by atoms with Crippen LogP contribution in [0.4, 0.5) is 0 Å². The minimum Gasteiger partial charge on any atom is -0.490 e. The van der Waals surface area contributed by atoms with E-state index in [1.165, 1.54) is 11.3 Å². The molecule has 2 heterocycles. The quantitative estimate of drug-likeness (QED) is 0.676. The molecule has 7 heteroatoms. The van der Waals surface area contributed by atoms with Crippen molar-refractivity contribution >= 4 is 28.9 Å². The van der Waals surface area contributed by atoms with Crippen LogP contribution in [0, 0.1) is 0 Å². The number of carboxylic acids is 1. The average molecular weight is 410 g/mol. The van der Waals surface area contributed by atoms with Crippen molar-refractivity contribution in [1.29, 1.82) is 0 Å². The summed E-state index contributed by atoms with van der Waals surface area (Å²) in [5.41, 5.74) is 0.980. The first-order valence-corrected chi connectivity index (χ1v) is 10.4. The van der Waals surface area contributed by atoms with Crippen molar-refractivity contribution in [3.8, 4) is 11.5 Å². The first-order chi connectivity index (χ1) is 13.0. The van der Waals surface area contributed by atoms with Crippen molar-refractivity contribution < 1.29 is 19.4 Å². The molecule has 1 saturated heterocycles. The normalized spacial score (nSPS) is 18.4. The Morgan fingerprint density at radius 2 is 2.00 bits per heavy atom. The van der Waals surface area contributed by atoms with E-state index in [9.17, 15) is 9.90 Å². The summed E-state index contributed by atoms with van der Waals surface area (Å²) < 4.78 is 12.1. The Bertz CT molecular complexity index is 794. The fourth-order valence-electron chi connectivity index (χ4n) is 3.60. The number of rotatable bonds is 8. The number of likely N-dealkylation sites (tertiary alicyclic amines) is 1. The van der Waals surface area contributed by atoms with Crippen molar-refractivity contribution in [3.05, 3.63) is 45.1 Å². The Hall–Kier alpha value is -1.76. The van der Waals surface area contributed by atoms with Gasteiger partial charge in [-0.25, -0.2) is 0 Å². The number of benzene rings is 1. The Balaban J connectivity index is 2.05. The van der Waals surface area contributed by atoms with Crippen LogP contribution in [-0.2, 0) is 4.79 Å². The second-order valence-electron chi connectivity index (χ2n) is 6.35. The summed E-state index contributed by atoms with van der Waals surface area (Å²) in [6, 6.07) is 9.01. The van der Waals surface area contributed by atoms with Gasteiger partial charge in [-0.2, -0.15) is 0 Å². The number of thiophene rings is 1. The predicted octanol–water partition coefficient (Wildman–Crippen LogP) is 4.84. The summed E-state index contributed by atoms with van der Waals surface area (Å²) in [7, 11) is 0. The third-order valence-corrected chi connectivity index (χ3v) is 5.94. The van der Waals surface area contributed by atoms with Gasteiger partial charge in [0, 0.05) is 11.4 Å². The van der Waals surface area contributed by atoms with Crippen molar-refractivity contribution in [1.82, 2.24) is 4.90 Å². The third kappa shape index (κ3) is 4.39. The summed E-state index contributed by atoms with van der Waals surface area (Å²) in [4.78, 5) is 14.9. The highest BCUT2D eigenvalue weighted by Crippen LogP contribution is 2.41. The van der Waals surface area contributed by atoms with Gasteiger partial charge in [0.05, 0.1) is 23.6 Å². The average Bonchev–Trinajstić information content (AvgIpc) is 3.27. The molecule has 5 nitrogen and oxygen atoms in total. The van der Waals surface area contributed by atoms with Crippen LogP contribution in [0.2, 0.25) is 4.34 Å². The predicted molar refractivity (Wildman–Crippen MR) is 107 cm³/mol. The first kappa shape index (κ1) is 20.0. The summed E-state index contributed by atoms with van der Waals surface area (Å²) in [6.45, 7) is 5.67. The molecular weight excluding hydrogens is 386 g/mol. The molecule has 1 aromatic heterocycles. The van der Waals surface area contributed by atoms with Crippen LogP contribution in [0.3, 0.4) is 0 Å². The molecule has 0 aliphatic carbocycles. The first-order valence-electron chi connectivity index (χ1n) is 9.18. The van der Waals surface area contributed by atoms with Gasteiger partial charge in [-0.1, -0.05) is 17.7 Å². The lowest BCUT2D eigenvalue weighted by Gasteiger charge is -2.31. The number of carboxylic acid groups (broad SMARTS) is 1. The largest absolute Gasteiger partial charge is 0.490 e. The van der Waals surface area contributed by atoms with Gasteiger partial charge in [-0.05, 0) is 56.5 Å². The van der Waals surface area contributed by atoms with E-state index in [0.717, 1.165) is 23.4 Å². The van der Waals surface area contributed by atoms with Gasteiger partial charge >= 0.3 is 5.97 Å². The van der Waals surface area contributed by atoms with E-state index in [4.69, 9.17) is 21.1 Å². The molecule has 0 saturated carbocycles. The Morgan fingerprint density at radius 1 is 1.26 bits per heavy atom. The molecule has 27 heavy (non-hydrogen) atoms. The molecule has 2 atom stereocenters. The Morgan fingerprint density at radius 3 is 2.63 bits per heavy atom. The maximum atomic E-state index is 11.8. The highest BCUT2D eigenvalue weighted by molar-refractivity contribution is 7.16. The van der Waals surface area contributed by atoms with Crippen LogP contribution in [0.1, 0.15) is 43.2 Å². The summed E-state index contributed by atoms with van der Waals surface area (Å²) in [5.74, 6) is 0.592. The monoisotopic (exact) mass is 409 g/mol. The van der Waals surface area contributed by atoms with Gasteiger partial charge in [0.25, 0.3) is 0 Å². The Kier molecular flexibility index (Phi) is 6.63. The van der Waals surface area contributed by atoms with Gasteiger partial charge in [-0.15, -0.1) is 11.3 Å². The van der Waals surface area contributed by atoms with E-state index in [1.807, 2.05) is 44.2 Å². The summed E-state index contributed by atoms with van der Waals surface area (Å²) in [5, 5.41) is 9.68. The van der Waals surface area contributed by atoms with E-state index in [0.29, 0.717) is 35.5 Å². The van der Waals surface area contributed by atoms with Crippen LogP contribution >= 0.6 is 22.9 Å². The van der Waals surface area contributed by atoms with E-state index in [1.54, 1.807) is 0 Å². The fraction of sp³-hybridized carbons (Fsp3) is 0.450. The topological polar surface area (TPSA) is 59.0 Å². The fourth-order valence-corrected chi connectivity index (χ4v) is 4.81. The molecule has 0 amide bonds. The molecular formula is C20H24ClNO4S. The van der Waals surface area contributed by atoms with Gasteiger partial charge < -0.3 is 14.6 Å². The Labute approximate surface area is 168 Å². The second-order valence-corrected chi connectivity index (χ2v) is 8.10. The maximum absolute atomic E-state index is 11.8. The molecule has 0 radical (unpaired) electrons. The number of hydrogen-bond acceptors (Lipinski definition) is 5. The third-order valence-electron chi connectivity index (χ3n) is 4.66. The van der Waals surface area contributed by atoms with E-state index in [-0.39, 0.29) is 6.04 Å². The van der Waals surface area contributed by atoms with Crippen LogP contribution in [-0.4, -0.2) is 41.8 Å². The van der Waals surface area contributed by atoms with Gasteiger partial charge in [0.15, 0.2) is 11.5 Å². The highest BCUT2D eigenvalue weighted by Gasteiger charge is 2.37. The van der Waals surface area contributed by atoms with Crippen LogP contribution in [0.25, 0.3) is 0 Å². The number of ether oxygens (including phenoxy) is 2. The number of aliphatic carboxylic acids is 1. The molecule has 0 bridgehead atoms. The molecule has 1 aromatic carbocycles. The lowest BCUT2D eigenvalue weighted by atomic mass is 10.0. The molecule has 146 valence electrons. The van der Waals surface area contributed by atoms with Gasteiger partial charge in [0.2, 0.25) is 0 Å². The maximum Gasteiger partial charge on any atom is 0.320 e. The van der Waals surface area contributed by atoms with Gasteiger partial charge in [-0.3, -0.25) is 9.69 Å². The number of hydrogen-bond donors (Lipinski definition) is 1. The van der Waals surface area contributed by atoms with Crippen molar-refractivity contribution in [2.75, 3.05) is 19.8 Å². The molecule has 0 spiro atoms. The van der Waals surface area contributed by atoms with Crippen LogP contribution < -0.4 is 9.47 Å². The van der Waals surface area contributed by atoms with Crippen LogP contribution in [0.5, 0.6) is 11.5 Å². The molecule has 1 N–H and O–H groups in total. The number of carbonyl (C=O) groups is 1. The zero-order chi connectivity index (χ0) is 19.4. The molecule has 1 aliphatic heterocycles. The second kappa shape index (κ2) is 8.95. The van der Waals surface area contributed by atoms with Crippen LogP contribution in [0.15, 0.2) is 30.3 Å². The lowest BCUT2D eigenvalue weighted by Crippen LogP contribution is -2.39. The van der Waals surface area contributed by atoms with Crippen molar-refractivity contribution in [2.24, 2.45) is 0 Å². The number of nitrogens with zero attached hydrogens (tertiary/aromatic N) is 1. The SMILES string of the molecule is CCOc1ccc(C(c2ccc(Cl)s2)N2CCCC2C(=O)O)cc1OCC. The molecule has 1 aliphatic rings. The smallest absolute Gasteiger partial charge is 0.320 e. The molecule has 1 fully saturated rings. The lowest BCUT2D eigenvalue weighted by molar-refractivity contribution is -0.142. The molecule has 2 aromatic rings. The summed E-state index contributed by atoms with van der Waals surface area (Å²) >= 11 is 7.67. The standard InChI is InChI=1S/C20H24ClNO4S/c1-3-25-15-8-7-13(12-16(15)26-4-2)19(17-9-10-18(21)27-17)22-11-5-6-14(22)20(23)24/h7-10,12,14,19H,3-6,11H2,1-2H3,(H,23,24). The van der Waals surface area contributed by atoms with Gasteiger partial charge in [0.1, 0.15) is 6.04 Å². The number of halogens is 1. The van der Waals surface area contributed by atoms with E-state index in [2.05, 4.69) is 4.90 Å². The molecule has 2 unspecified atom stereocenters. The van der Waals surface area contributed by atoms with E-state index >= 15 is 0 Å². The van der Waals surface area contributed by atoms with Crippen molar-refractivity contribution in [2.45, 2.75) is 38.8 Å². The minimum atomic E-state index is -0.781. The van der Waals surface area contributed by atoms with Crippen molar-refractivity contribution in [3.63, 3.8) is 0 Å². The zero-order valence-electron chi connectivity index (χ0n) is 15.5.